The average Bonchev–Trinajstić information content (AvgIpc) is 2.22. The molecule has 0 spiro atoms. The van der Waals surface area contributed by atoms with Gasteiger partial charge in [-0.3, -0.25) is 0 Å². The monoisotopic (exact) mass is 240 g/mol. The van der Waals surface area contributed by atoms with Gasteiger partial charge in [0.15, 0.2) is 0 Å². The molecule has 0 aromatic heterocycles. The van der Waals surface area contributed by atoms with Crippen LogP contribution in [0.4, 0.5) is 0 Å². The highest BCUT2D eigenvalue weighted by atomic mass is 35.5. The molecule has 0 radical (unpaired) electrons. The maximum absolute atomic E-state index is 10.5. The molecule has 1 rings (SSSR count). The third-order valence-electron chi connectivity index (χ3n) is 2.88. The summed E-state index contributed by atoms with van der Waals surface area (Å²) in [5.41, 5.74) is 0.617. The van der Waals surface area contributed by atoms with Gasteiger partial charge in [0.05, 0.1) is 5.60 Å². The Bertz CT molecular complexity index is 299. The molecule has 0 aliphatic heterocycles. The lowest BCUT2D eigenvalue weighted by Crippen LogP contribution is -2.31. The van der Waals surface area contributed by atoms with E-state index in [0.717, 1.165) is 42.7 Å². The van der Waals surface area contributed by atoms with Gasteiger partial charge in [-0.15, -0.1) is 0 Å². The molecule has 0 amide bonds. The van der Waals surface area contributed by atoms with E-state index in [1.54, 1.807) is 0 Å². The Balaban J connectivity index is 2.70. The Morgan fingerprint density at radius 1 is 1.06 bits per heavy atom. The zero-order valence-electron chi connectivity index (χ0n) is 10.2. The average molecular weight is 241 g/mol. The molecule has 90 valence electrons. The van der Waals surface area contributed by atoms with Gasteiger partial charge in [0.25, 0.3) is 0 Å². The standard InChI is InChI=1S/C14H21ClO/c1-3-9-14(16,10-4-2)11-12-5-7-13(15)8-6-12/h5-8,16H,3-4,9-11H2,1-2H3. The number of benzene rings is 1. The minimum atomic E-state index is -0.544. The molecule has 0 saturated carbocycles. The Kier molecular flexibility index (Phi) is 5.30. The largest absolute Gasteiger partial charge is 0.390 e. The quantitative estimate of drug-likeness (QED) is 0.790. The highest BCUT2D eigenvalue weighted by Gasteiger charge is 2.24. The van der Waals surface area contributed by atoms with Crippen LogP contribution in [0.5, 0.6) is 0 Å². The third-order valence-corrected chi connectivity index (χ3v) is 3.13. The van der Waals surface area contributed by atoms with Crippen LogP contribution in [0, 0.1) is 0 Å². The van der Waals surface area contributed by atoms with Crippen molar-refractivity contribution >= 4 is 11.6 Å². The van der Waals surface area contributed by atoms with Gasteiger partial charge in [-0.1, -0.05) is 50.4 Å². The molecule has 0 aliphatic carbocycles. The second-order valence-corrected chi connectivity index (χ2v) is 4.96. The smallest absolute Gasteiger partial charge is 0.0687 e. The number of halogens is 1. The molecule has 2 heteroatoms. The minimum absolute atomic E-state index is 0.544. The summed E-state index contributed by atoms with van der Waals surface area (Å²) in [5.74, 6) is 0. The van der Waals surface area contributed by atoms with Crippen LogP contribution < -0.4 is 0 Å². The molecular formula is C14H21ClO. The minimum Gasteiger partial charge on any atom is -0.390 e. The predicted octanol–water partition coefficient (Wildman–Crippen LogP) is 4.21. The first-order valence-corrected chi connectivity index (χ1v) is 6.44. The molecular weight excluding hydrogens is 220 g/mol. The lowest BCUT2D eigenvalue weighted by atomic mass is 9.86. The van der Waals surface area contributed by atoms with Crippen LogP contribution in [0.25, 0.3) is 0 Å². The van der Waals surface area contributed by atoms with Gasteiger partial charge in [0.1, 0.15) is 0 Å². The molecule has 0 heterocycles. The fraction of sp³-hybridized carbons (Fsp3) is 0.571. The van der Waals surface area contributed by atoms with E-state index in [2.05, 4.69) is 13.8 Å². The molecule has 1 nitrogen and oxygen atoms in total. The number of rotatable bonds is 6. The van der Waals surface area contributed by atoms with Crippen LogP contribution >= 0.6 is 11.6 Å². The zero-order chi connectivity index (χ0) is 12.0. The Hall–Kier alpha value is -0.530. The lowest BCUT2D eigenvalue weighted by Gasteiger charge is -2.27. The van der Waals surface area contributed by atoms with Crippen molar-refractivity contribution in [1.29, 1.82) is 0 Å². The van der Waals surface area contributed by atoms with Gasteiger partial charge in [-0.05, 0) is 30.5 Å². The van der Waals surface area contributed by atoms with Crippen molar-refractivity contribution in [2.45, 2.75) is 51.6 Å². The first-order valence-electron chi connectivity index (χ1n) is 6.06. The van der Waals surface area contributed by atoms with Crippen molar-refractivity contribution in [2.75, 3.05) is 0 Å². The summed E-state index contributed by atoms with van der Waals surface area (Å²) in [6.07, 6.45) is 4.49. The van der Waals surface area contributed by atoms with Crippen molar-refractivity contribution < 1.29 is 5.11 Å². The Morgan fingerprint density at radius 3 is 2.00 bits per heavy atom. The lowest BCUT2D eigenvalue weighted by molar-refractivity contribution is 0.0216. The number of hydrogen-bond acceptors (Lipinski definition) is 1. The van der Waals surface area contributed by atoms with E-state index in [1.165, 1.54) is 0 Å². The fourth-order valence-electron chi connectivity index (χ4n) is 2.21. The summed E-state index contributed by atoms with van der Waals surface area (Å²) in [7, 11) is 0. The second-order valence-electron chi connectivity index (χ2n) is 4.53. The molecule has 0 bridgehead atoms. The van der Waals surface area contributed by atoms with E-state index in [9.17, 15) is 5.11 Å². The maximum atomic E-state index is 10.5. The van der Waals surface area contributed by atoms with Crippen LogP contribution in [-0.2, 0) is 6.42 Å². The summed E-state index contributed by atoms with van der Waals surface area (Å²) in [4.78, 5) is 0. The van der Waals surface area contributed by atoms with Gasteiger partial charge >= 0.3 is 0 Å². The van der Waals surface area contributed by atoms with E-state index in [4.69, 9.17) is 11.6 Å². The van der Waals surface area contributed by atoms with Gasteiger partial charge in [0, 0.05) is 11.4 Å². The van der Waals surface area contributed by atoms with Crippen LogP contribution in [-0.4, -0.2) is 10.7 Å². The van der Waals surface area contributed by atoms with Crippen molar-refractivity contribution in [3.63, 3.8) is 0 Å². The molecule has 0 fully saturated rings. The van der Waals surface area contributed by atoms with E-state index < -0.39 is 5.60 Å². The molecule has 0 atom stereocenters. The highest BCUT2D eigenvalue weighted by molar-refractivity contribution is 6.30. The molecule has 0 aliphatic rings. The van der Waals surface area contributed by atoms with E-state index in [0.29, 0.717) is 0 Å². The Labute approximate surface area is 103 Å². The van der Waals surface area contributed by atoms with E-state index >= 15 is 0 Å². The molecule has 16 heavy (non-hydrogen) atoms. The van der Waals surface area contributed by atoms with Crippen molar-refractivity contribution in [2.24, 2.45) is 0 Å². The van der Waals surface area contributed by atoms with Crippen LogP contribution in [0.1, 0.15) is 45.1 Å². The summed E-state index contributed by atoms with van der Waals surface area (Å²) < 4.78 is 0. The topological polar surface area (TPSA) is 20.2 Å². The number of aliphatic hydroxyl groups is 1. The number of hydrogen-bond donors (Lipinski definition) is 1. The van der Waals surface area contributed by atoms with Crippen molar-refractivity contribution in [1.82, 2.24) is 0 Å². The summed E-state index contributed by atoms with van der Waals surface area (Å²) in [5, 5.41) is 11.2. The van der Waals surface area contributed by atoms with Crippen LogP contribution in [0.3, 0.4) is 0 Å². The predicted molar refractivity (Wildman–Crippen MR) is 69.9 cm³/mol. The van der Waals surface area contributed by atoms with Gasteiger partial charge in [-0.2, -0.15) is 0 Å². The third kappa shape index (κ3) is 4.15. The zero-order valence-corrected chi connectivity index (χ0v) is 10.9. The summed E-state index contributed by atoms with van der Waals surface area (Å²) in [6.45, 7) is 4.23. The van der Waals surface area contributed by atoms with Gasteiger partial charge in [0.2, 0.25) is 0 Å². The van der Waals surface area contributed by atoms with Crippen molar-refractivity contribution in [3.05, 3.63) is 34.9 Å². The molecule has 0 unspecified atom stereocenters. The molecule has 0 saturated heterocycles. The SMILES string of the molecule is CCCC(O)(CCC)Cc1ccc(Cl)cc1. The van der Waals surface area contributed by atoms with Crippen LogP contribution in [0.2, 0.25) is 5.02 Å². The Morgan fingerprint density at radius 2 is 1.56 bits per heavy atom. The van der Waals surface area contributed by atoms with E-state index in [1.807, 2.05) is 24.3 Å². The highest BCUT2D eigenvalue weighted by Crippen LogP contribution is 2.25. The molecule has 1 aromatic carbocycles. The second kappa shape index (κ2) is 6.27. The first kappa shape index (κ1) is 13.5. The normalized spacial score (nSPS) is 11.8. The van der Waals surface area contributed by atoms with E-state index in [-0.39, 0.29) is 0 Å². The summed E-state index contributed by atoms with van der Waals surface area (Å²) in [6, 6.07) is 7.77. The fourth-order valence-corrected chi connectivity index (χ4v) is 2.34. The van der Waals surface area contributed by atoms with Crippen LogP contribution in [0.15, 0.2) is 24.3 Å². The molecule has 1 aromatic rings. The summed E-state index contributed by atoms with van der Waals surface area (Å²) >= 11 is 5.84. The van der Waals surface area contributed by atoms with Gasteiger partial charge in [-0.25, -0.2) is 0 Å². The van der Waals surface area contributed by atoms with Crippen molar-refractivity contribution in [3.8, 4) is 0 Å². The van der Waals surface area contributed by atoms with Gasteiger partial charge < -0.3 is 5.11 Å². The first-order chi connectivity index (χ1) is 7.59. The molecule has 1 N–H and O–H groups in total. The maximum Gasteiger partial charge on any atom is 0.0687 e.